The van der Waals surface area contributed by atoms with Crippen molar-refractivity contribution in [2.24, 2.45) is 5.92 Å². The Morgan fingerprint density at radius 3 is 2.26 bits per heavy atom. The second kappa shape index (κ2) is 12.4. The maximum absolute atomic E-state index is 13.2. The van der Waals surface area contributed by atoms with Crippen LogP contribution in [0.15, 0.2) is 60.7 Å². The maximum Gasteiger partial charge on any atom is 0.412 e. The van der Waals surface area contributed by atoms with Crippen LogP contribution in [0.4, 0.5) is 4.79 Å². The molecule has 4 rings (SSSR count). The van der Waals surface area contributed by atoms with Crippen molar-refractivity contribution >= 4 is 12.1 Å². The first-order valence-electron chi connectivity index (χ1n) is 13.0. The lowest BCUT2D eigenvalue weighted by atomic mass is 9.86. The minimum absolute atomic E-state index is 0.00650. The van der Waals surface area contributed by atoms with Gasteiger partial charge in [0.05, 0.1) is 26.4 Å². The summed E-state index contributed by atoms with van der Waals surface area (Å²) in [4.78, 5) is 27.7. The zero-order chi connectivity index (χ0) is 28.0. The number of esters is 1. The first-order valence-corrected chi connectivity index (χ1v) is 13.0. The molecule has 0 spiro atoms. The number of methoxy groups -OCH3 is 1. The van der Waals surface area contributed by atoms with E-state index in [2.05, 4.69) is 0 Å². The molecule has 2 aliphatic heterocycles. The van der Waals surface area contributed by atoms with Crippen molar-refractivity contribution in [1.29, 1.82) is 0 Å². The van der Waals surface area contributed by atoms with Crippen molar-refractivity contribution < 1.29 is 43.1 Å². The van der Waals surface area contributed by atoms with Gasteiger partial charge in [0, 0.05) is 6.42 Å². The molecular formula is C29H37NO9. The number of carbonyl (C=O) groups excluding carboxylic acids is 2. The number of amides is 1. The molecule has 1 amide bonds. The van der Waals surface area contributed by atoms with Crippen LogP contribution in [0.25, 0.3) is 0 Å². The number of nitrogens with zero attached hydrogens (tertiary/aromatic N) is 1. The fraction of sp³-hybridized carbons (Fsp3) is 0.517. The van der Waals surface area contributed by atoms with Crippen molar-refractivity contribution in [1.82, 2.24) is 4.90 Å². The van der Waals surface area contributed by atoms with Crippen LogP contribution in [0.3, 0.4) is 0 Å². The normalized spacial score (nSPS) is 28.0. The number of aliphatic hydroxyl groups is 1. The minimum atomic E-state index is -1.89. The first-order chi connectivity index (χ1) is 18.6. The molecule has 2 heterocycles. The van der Waals surface area contributed by atoms with E-state index in [9.17, 15) is 14.7 Å². The van der Waals surface area contributed by atoms with Crippen molar-refractivity contribution in [3.63, 3.8) is 0 Å². The average Bonchev–Trinajstić information content (AvgIpc) is 3.31. The van der Waals surface area contributed by atoms with E-state index in [0.717, 1.165) is 11.1 Å². The maximum atomic E-state index is 13.2. The highest BCUT2D eigenvalue weighted by atomic mass is 16.8. The van der Waals surface area contributed by atoms with Crippen molar-refractivity contribution in [2.75, 3.05) is 20.4 Å². The summed E-state index contributed by atoms with van der Waals surface area (Å²) in [6.45, 7) is 5.39. The highest BCUT2D eigenvalue weighted by molar-refractivity contribution is 5.78. The first kappa shape index (κ1) is 29.0. The molecule has 0 bridgehead atoms. The molecule has 212 valence electrons. The number of hydrogen-bond acceptors (Lipinski definition) is 9. The minimum Gasteiger partial charge on any atom is -0.465 e. The van der Waals surface area contributed by atoms with Crippen molar-refractivity contribution in [3.8, 4) is 0 Å². The molecule has 5 atom stereocenters. The standard InChI is InChI=1S/C29H37NO9/c1-20-15-29(26(32)34-4,39-25(24(20)31)23-18-36-28(2,3)38-23)37-19-30(16-21-11-7-5-8-12-21)27(33)35-17-22-13-9-6-10-14-22/h5-14,20,23-25,31H,15-19H2,1-4H3/t20-,23-,24-,25?,29-/m1/s1. The molecule has 0 radical (unpaired) electrons. The van der Waals surface area contributed by atoms with Gasteiger partial charge in [-0.05, 0) is 30.9 Å². The highest BCUT2D eigenvalue weighted by Gasteiger charge is 2.56. The van der Waals surface area contributed by atoms with Gasteiger partial charge in [-0.3, -0.25) is 4.90 Å². The topological polar surface area (TPSA) is 113 Å². The average molecular weight is 544 g/mol. The lowest BCUT2D eigenvalue weighted by molar-refractivity contribution is -0.324. The molecule has 2 saturated heterocycles. The van der Waals surface area contributed by atoms with Crippen LogP contribution in [0, 0.1) is 5.92 Å². The quantitative estimate of drug-likeness (QED) is 0.374. The third-order valence-electron chi connectivity index (χ3n) is 6.86. The molecule has 2 aromatic carbocycles. The van der Waals surface area contributed by atoms with Gasteiger partial charge in [0.1, 0.15) is 25.5 Å². The van der Waals surface area contributed by atoms with Crippen LogP contribution in [-0.2, 0) is 46.4 Å². The van der Waals surface area contributed by atoms with Crippen LogP contribution < -0.4 is 0 Å². The summed E-state index contributed by atoms with van der Waals surface area (Å²) >= 11 is 0. The van der Waals surface area contributed by atoms with Crippen LogP contribution in [-0.4, -0.2) is 72.4 Å². The molecule has 10 heteroatoms. The molecule has 0 saturated carbocycles. The smallest absolute Gasteiger partial charge is 0.412 e. The summed E-state index contributed by atoms with van der Waals surface area (Å²) in [5, 5.41) is 10.9. The highest BCUT2D eigenvalue weighted by Crippen LogP contribution is 2.39. The zero-order valence-electron chi connectivity index (χ0n) is 22.8. The van der Waals surface area contributed by atoms with E-state index in [-0.39, 0.29) is 32.9 Å². The molecule has 0 aliphatic carbocycles. The Labute approximate surface area is 228 Å². The molecule has 10 nitrogen and oxygen atoms in total. The van der Waals surface area contributed by atoms with E-state index in [4.69, 9.17) is 28.4 Å². The fourth-order valence-corrected chi connectivity index (χ4v) is 4.78. The Kier molecular flexibility index (Phi) is 9.24. The van der Waals surface area contributed by atoms with Gasteiger partial charge < -0.3 is 33.5 Å². The van der Waals surface area contributed by atoms with E-state index in [1.165, 1.54) is 12.0 Å². The number of ether oxygens (including phenoxy) is 6. The van der Waals surface area contributed by atoms with Gasteiger partial charge in [-0.25, -0.2) is 9.59 Å². The number of aliphatic hydroxyl groups excluding tert-OH is 1. The Hall–Kier alpha value is -3.02. The van der Waals surface area contributed by atoms with E-state index < -0.39 is 47.9 Å². The summed E-state index contributed by atoms with van der Waals surface area (Å²) in [6.07, 6.45) is -3.13. The van der Waals surface area contributed by atoms with Crippen LogP contribution in [0.2, 0.25) is 0 Å². The predicted octanol–water partition coefficient (Wildman–Crippen LogP) is 3.61. The Morgan fingerprint density at radius 2 is 1.67 bits per heavy atom. The number of rotatable bonds is 9. The summed E-state index contributed by atoms with van der Waals surface area (Å²) in [7, 11) is 1.23. The second-order valence-electron chi connectivity index (χ2n) is 10.4. The largest absolute Gasteiger partial charge is 0.465 e. The van der Waals surface area contributed by atoms with E-state index >= 15 is 0 Å². The van der Waals surface area contributed by atoms with Gasteiger partial charge in [0.2, 0.25) is 0 Å². The number of benzene rings is 2. The van der Waals surface area contributed by atoms with Crippen molar-refractivity contribution in [2.45, 2.75) is 70.2 Å². The van der Waals surface area contributed by atoms with Gasteiger partial charge in [-0.1, -0.05) is 67.6 Å². The third-order valence-corrected chi connectivity index (χ3v) is 6.86. The lowest BCUT2D eigenvalue weighted by Crippen LogP contribution is -2.61. The van der Waals surface area contributed by atoms with Crippen molar-refractivity contribution in [3.05, 3.63) is 71.8 Å². The van der Waals surface area contributed by atoms with Crippen LogP contribution in [0.1, 0.15) is 38.3 Å². The Balaban J connectivity index is 1.53. The summed E-state index contributed by atoms with van der Waals surface area (Å²) in [5.74, 6) is -3.94. The Bertz CT molecular complexity index is 1100. The molecule has 0 aromatic heterocycles. The zero-order valence-corrected chi connectivity index (χ0v) is 22.8. The van der Waals surface area contributed by atoms with Gasteiger partial charge in [-0.15, -0.1) is 0 Å². The SMILES string of the molecule is COC(=O)[C@@]1(OCN(Cc2ccccc2)C(=O)OCc2ccccc2)C[C@@H](C)[C@@H](O)C([C@H]2COC(C)(C)O2)O1. The molecule has 1 N–H and O–H groups in total. The molecule has 2 fully saturated rings. The molecule has 39 heavy (non-hydrogen) atoms. The van der Waals surface area contributed by atoms with E-state index in [0.29, 0.717) is 0 Å². The fourth-order valence-electron chi connectivity index (χ4n) is 4.78. The molecule has 1 unspecified atom stereocenters. The molecular weight excluding hydrogens is 506 g/mol. The molecule has 2 aliphatic rings. The van der Waals surface area contributed by atoms with Gasteiger partial charge >= 0.3 is 12.1 Å². The van der Waals surface area contributed by atoms with Gasteiger partial charge in [0.15, 0.2) is 5.79 Å². The van der Waals surface area contributed by atoms with E-state index in [1.54, 1.807) is 20.8 Å². The van der Waals surface area contributed by atoms with Crippen LogP contribution >= 0.6 is 0 Å². The lowest BCUT2D eigenvalue weighted by Gasteiger charge is -2.45. The predicted molar refractivity (Wildman–Crippen MR) is 139 cm³/mol. The number of carbonyl (C=O) groups is 2. The third kappa shape index (κ3) is 7.14. The van der Waals surface area contributed by atoms with Gasteiger partial charge in [-0.2, -0.15) is 0 Å². The monoisotopic (exact) mass is 543 g/mol. The second-order valence-corrected chi connectivity index (χ2v) is 10.4. The van der Waals surface area contributed by atoms with Crippen LogP contribution in [0.5, 0.6) is 0 Å². The Morgan fingerprint density at radius 1 is 1.03 bits per heavy atom. The molecule has 2 aromatic rings. The van der Waals surface area contributed by atoms with Gasteiger partial charge in [0.25, 0.3) is 5.79 Å². The van der Waals surface area contributed by atoms with E-state index in [1.807, 2.05) is 60.7 Å². The summed E-state index contributed by atoms with van der Waals surface area (Å²) < 4.78 is 34.5. The number of hydrogen-bond donors (Lipinski definition) is 1. The summed E-state index contributed by atoms with van der Waals surface area (Å²) in [6, 6.07) is 18.7. The summed E-state index contributed by atoms with van der Waals surface area (Å²) in [5.41, 5.74) is 1.68.